The number of rotatable bonds is 4. The molecule has 0 saturated carbocycles. The summed E-state index contributed by atoms with van der Waals surface area (Å²) >= 11 is 0. The lowest BCUT2D eigenvalue weighted by Crippen LogP contribution is -2.48. The van der Waals surface area contributed by atoms with E-state index in [1.165, 1.54) is 12.1 Å². The van der Waals surface area contributed by atoms with Gasteiger partial charge in [-0.1, -0.05) is 6.07 Å². The van der Waals surface area contributed by atoms with Gasteiger partial charge in [0.25, 0.3) is 11.7 Å². The maximum absolute atomic E-state index is 12.5. The van der Waals surface area contributed by atoms with Crippen molar-refractivity contribution in [1.82, 2.24) is 4.98 Å². The predicted octanol–water partition coefficient (Wildman–Crippen LogP) is 2.36. The first-order valence-electron chi connectivity index (χ1n) is 8.26. The molecule has 1 aromatic carbocycles. The van der Waals surface area contributed by atoms with E-state index in [0.29, 0.717) is 5.69 Å². The third-order valence-electron chi connectivity index (χ3n) is 3.99. The van der Waals surface area contributed by atoms with Crippen molar-refractivity contribution in [2.75, 3.05) is 16.8 Å². The minimum Gasteiger partial charge on any atom is -0.475 e. The second kappa shape index (κ2) is 7.02. The Kier molecular flexibility index (Phi) is 4.76. The first kappa shape index (κ1) is 18.3. The van der Waals surface area contributed by atoms with Crippen molar-refractivity contribution >= 4 is 29.1 Å². The van der Waals surface area contributed by atoms with Crippen LogP contribution >= 0.6 is 0 Å². The highest BCUT2D eigenvalue weighted by molar-refractivity contribution is 6.05. The Balaban J connectivity index is 1.86. The molecule has 2 aromatic rings. The third kappa shape index (κ3) is 3.86. The Labute approximate surface area is 155 Å². The van der Waals surface area contributed by atoms with Crippen molar-refractivity contribution < 1.29 is 19.2 Å². The van der Waals surface area contributed by atoms with Crippen molar-refractivity contribution in [2.24, 2.45) is 0 Å². The third-order valence-corrected chi connectivity index (χ3v) is 3.99. The van der Waals surface area contributed by atoms with E-state index in [0.717, 1.165) is 16.0 Å². The molecule has 140 valence electrons. The number of aromatic nitrogens is 1. The number of pyridine rings is 1. The van der Waals surface area contributed by atoms with Gasteiger partial charge in [-0.15, -0.1) is 0 Å². The number of hydrogen-bond donors (Lipinski definition) is 1. The zero-order valence-corrected chi connectivity index (χ0v) is 15.1. The highest BCUT2D eigenvalue weighted by Gasteiger charge is 2.37. The van der Waals surface area contributed by atoms with Crippen LogP contribution in [-0.4, -0.2) is 34.4 Å². The SMILES string of the molecule is Cc1cc(C)cc(NC(=O)CN2C(=O)C(C)Oc3ccc([N+](=O)[O-])nc32)c1. The fourth-order valence-electron chi connectivity index (χ4n) is 2.92. The monoisotopic (exact) mass is 370 g/mol. The Hall–Kier alpha value is -3.49. The zero-order chi connectivity index (χ0) is 19.7. The van der Waals surface area contributed by atoms with Gasteiger partial charge in [0.05, 0.1) is 0 Å². The van der Waals surface area contributed by atoms with Crippen LogP contribution < -0.4 is 15.0 Å². The lowest BCUT2D eigenvalue weighted by molar-refractivity contribution is -0.389. The lowest BCUT2D eigenvalue weighted by Gasteiger charge is -2.28. The Morgan fingerprint density at radius 3 is 2.59 bits per heavy atom. The Morgan fingerprint density at radius 1 is 1.30 bits per heavy atom. The number of nitro groups is 1. The molecule has 9 nitrogen and oxygen atoms in total. The molecular formula is C18H18N4O5. The number of carbonyl (C=O) groups excluding carboxylic acids is 2. The number of amides is 2. The maximum atomic E-state index is 12.5. The number of ether oxygens (including phenoxy) is 1. The molecule has 1 unspecified atom stereocenters. The van der Waals surface area contributed by atoms with Crippen LogP contribution in [0.3, 0.4) is 0 Å². The van der Waals surface area contributed by atoms with E-state index in [1.54, 1.807) is 6.92 Å². The summed E-state index contributed by atoms with van der Waals surface area (Å²) in [6, 6.07) is 8.16. The van der Waals surface area contributed by atoms with Gasteiger partial charge in [0.2, 0.25) is 5.91 Å². The van der Waals surface area contributed by atoms with Gasteiger partial charge in [0.15, 0.2) is 11.9 Å². The van der Waals surface area contributed by atoms with Crippen LogP contribution in [0.4, 0.5) is 17.3 Å². The molecule has 3 rings (SSSR count). The second-order valence-electron chi connectivity index (χ2n) is 6.36. The van der Waals surface area contributed by atoms with Gasteiger partial charge in [-0.05, 0) is 60.0 Å². The minimum absolute atomic E-state index is 0.0390. The van der Waals surface area contributed by atoms with E-state index < -0.39 is 28.7 Å². The molecule has 2 amide bonds. The zero-order valence-electron chi connectivity index (χ0n) is 15.1. The van der Waals surface area contributed by atoms with E-state index in [9.17, 15) is 19.7 Å². The van der Waals surface area contributed by atoms with Crippen LogP contribution in [0, 0.1) is 24.0 Å². The van der Waals surface area contributed by atoms with Crippen molar-refractivity contribution in [3.05, 3.63) is 51.6 Å². The second-order valence-corrected chi connectivity index (χ2v) is 6.36. The smallest absolute Gasteiger partial charge is 0.366 e. The van der Waals surface area contributed by atoms with Gasteiger partial charge < -0.3 is 20.2 Å². The van der Waals surface area contributed by atoms with Gasteiger partial charge in [-0.25, -0.2) is 0 Å². The van der Waals surface area contributed by atoms with Gasteiger partial charge >= 0.3 is 5.82 Å². The molecule has 1 aromatic heterocycles. The quantitative estimate of drug-likeness (QED) is 0.653. The van der Waals surface area contributed by atoms with Gasteiger partial charge in [0, 0.05) is 11.8 Å². The summed E-state index contributed by atoms with van der Waals surface area (Å²) < 4.78 is 5.43. The van der Waals surface area contributed by atoms with Crippen LogP contribution in [0.15, 0.2) is 30.3 Å². The normalized spacial score (nSPS) is 15.7. The number of nitrogens with one attached hydrogen (secondary N) is 1. The number of benzene rings is 1. The molecular weight excluding hydrogens is 352 g/mol. The fraction of sp³-hybridized carbons (Fsp3) is 0.278. The number of hydrogen-bond acceptors (Lipinski definition) is 6. The molecule has 0 fully saturated rings. The van der Waals surface area contributed by atoms with Crippen LogP contribution in [0.2, 0.25) is 0 Å². The summed E-state index contributed by atoms with van der Waals surface area (Å²) in [6.07, 6.45) is -0.824. The Morgan fingerprint density at radius 2 is 1.96 bits per heavy atom. The molecule has 0 radical (unpaired) electrons. The molecule has 1 atom stereocenters. The predicted molar refractivity (Wildman–Crippen MR) is 97.9 cm³/mol. The van der Waals surface area contributed by atoms with Crippen LogP contribution in [0.25, 0.3) is 0 Å². The van der Waals surface area contributed by atoms with Crippen molar-refractivity contribution in [2.45, 2.75) is 26.9 Å². The van der Waals surface area contributed by atoms with E-state index in [-0.39, 0.29) is 18.1 Å². The average molecular weight is 370 g/mol. The standard InChI is InChI=1S/C18H18N4O5/c1-10-6-11(2)8-13(7-10)19-16(23)9-21-17-14(27-12(3)18(21)24)4-5-15(20-17)22(25)26/h4-8,12H,9H2,1-3H3,(H,19,23). The summed E-state index contributed by atoms with van der Waals surface area (Å²) in [5, 5.41) is 13.7. The molecule has 27 heavy (non-hydrogen) atoms. The highest BCUT2D eigenvalue weighted by Crippen LogP contribution is 2.33. The Bertz CT molecular complexity index is 923. The number of aryl methyl sites for hydroxylation is 2. The fourth-order valence-corrected chi connectivity index (χ4v) is 2.92. The summed E-state index contributed by atoms with van der Waals surface area (Å²) in [4.78, 5) is 40.2. The van der Waals surface area contributed by atoms with Gasteiger partial charge in [-0.2, -0.15) is 0 Å². The van der Waals surface area contributed by atoms with Gasteiger partial charge in [-0.3, -0.25) is 14.5 Å². The highest BCUT2D eigenvalue weighted by atomic mass is 16.6. The van der Waals surface area contributed by atoms with E-state index in [1.807, 2.05) is 32.0 Å². The number of anilines is 2. The first-order valence-corrected chi connectivity index (χ1v) is 8.26. The van der Waals surface area contributed by atoms with Crippen molar-refractivity contribution in [3.8, 4) is 5.75 Å². The molecule has 9 heteroatoms. The molecule has 0 aliphatic carbocycles. The molecule has 0 spiro atoms. The minimum atomic E-state index is -0.824. The topological polar surface area (TPSA) is 115 Å². The molecule has 2 heterocycles. The van der Waals surface area contributed by atoms with Crippen molar-refractivity contribution in [3.63, 3.8) is 0 Å². The summed E-state index contributed by atoms with van der Waals surface area (Å²) in [6.45, 7) is 5.03. The molecule has 1 aliphatic rings. The summed E-state index contributed by atoms with van der Waals surface area (Å²) in [7, 11) is 0. The number of fused-ring (bicyclic) bond motifs is 1. The largest absolute Gasteiger partial charge is 0.475 e. The average Bonchev–Trinajstić information content (AvgIpc) is 2.57. The maximum Gasteiger partial charge on any atom is 0.366 e. The van der Waals surface area contributed by atoms with E-state index >= 15 is 0 Å². The summed E-state index contributed by atoms with van der Waals surface area (Å²) in [5.74, 6) is -1.19. The van der Waals surface area contributed by atoms with Crippen LogP contribution in [-0.2, 0) is 9.59 Å². The van der Waals surface area contributed by atoms with Crippen LogP contribution in [0.5, 0.6) is 5.75 Å². The summed E-state index contributed by atoms with van der Waals surface area (Å²) in [5.41, 5.74) is 2.59. The van der Waals surface area contributed by atoms with E-state index in [2.05, 4.69) is 10.3 Å². The van der Waals surface area contributed by atoms with E-state index in [4.69, 9.17) is 4.74 Å². The molecule has 0 bridgehead atoms. The first-order chi connectivity index (χ1) is 12.7. The number of nitrogens with zero attached hydrogens (tertiary/aromatic N) is 3. The van der Waals surface area contributed by atoms with Crippen LogP contribution in [0.1, 0.15) is 18.1 Å². The molecule has 1 N–H and O–H groups in total. The lowest BCUT2D eigenvalue weighted by atomic mass is 10.1. The molecule has 0 saturated heterocycles. The van der Waals surface area contributed by atoms with Crippen molar-refractivity contribution in [1.29, 1.82) is 0 Å². The molecule has 1 aliphatic heterocycles. The van der Waals surface area contributed by atoms with Gasteiger partial charge in [0.1, 0.15) is 6.54 Å². The number of carbonyl (C=O) groups is 2.